The van der Waals surface area contributed by atoms with Crippen molar-refractivity contribution < 1.29 is 14.3 Å². The van der Waals surface area contributed by atoms with E-state index in [9.17, 15) is 9.18 Å². The molecule has 6 heteroatoms. The van der Waals surface area contributed by atoms with Crippen LogP contribution in [-0.2, 0) is 10.5 Å². The van der Waals surface area contributed by atoms with Gasteiger partial charge in [0.2, 0.25) is 0 Å². The Hall–Kier alpha value is -0.780. The van der Waals surface area contributed by atoms with Crippen LogP contribution in [0.4, 0.5) is 4.39 Å². The maximum Gasteiger partial charge on any atom is 0.321 e. The summed E-state index contributed by atoms with van der Waals surface area (Å²) in [4.78, 5) is 10.8. The highest BCUT2D eigenvalue weighted by atomic mass is 35.5. The number of benzene rings is 1. The SMILES string of the molecule is CC(C)(SCc1cccc(Cl)c1F)[C@H](N)C(=O)O. The Morgan fingerprint density at radius 2 is 2.22 bits per heavy atom. The number of carboxylic acid groups (broad SMARTS) is 1. The molecule has 0 amide bonds. The van der Waals surface area contributed by atoms with E-state index in [4.69, 9.17) is 22.4 Å². The van der Waals surface area contributed by atoms with Crippen molar-refractivity contribution in [2.75, 3.05) is 0 Å². The number of thioether (sulfide) groups is 1. The van der Waals surface area contributed by atoms with Crippen LogP contribution in [0.15, 0.2) is 18.2 Å². The summed E-state index contributed by atoms with van der Waals surface area (Å²) >= 11 is 6.96. The monoisotopic (exact) mass is 291 g/mol. The second-order valence-corrected chi connectivity index (χ2v) is 6.46. The predicted molar refractivity (Wildman–Crippen MR) is 72.4 cm³/mol. The van der Waals surface area contributed by atoms with Gasteiger partial charge in [-0.25, -0.2) is 4.39 Å². The molecule has 3 nitrogen and oxygen atoms in total. The van der Waals surface area contributed by atoms with Gasteiger partial charge in [0.1, 0.15) is 11.9 Å². The summed E-state index contributed by atoms with van der Waals surface area (Å²) in [7, 11) is 0. The summed E-state index contributed by atoms with van der Waals surface area (Å²) in [5.74, 6) is -1.22. The quantitative estimate of drug-likeness (QED) is 0.875. The van der Waals surface area contributed by atoms with Crippen LogP contribution in [0, 0.1) is 5.82 Å². The third-order valence-corrected chi connectivity index (χ3v) is 4.39. The molecule has 0 fully saturated rings. The van der Waals surface area contributed by atoms with E-state index in [0.29, 0.717) is 11.3 Å². The van der Waals surface area contributed by atoms with Gasteiger partial charge in [0.05, 0.1) is 5.02 Å². The van der Waals surface area contributed by atoms with E-state index < -0.39 is 22.6 Å². The normalized spacial score (nSPS) is 13.4. The molecule has 3 N–H and O–H groups in total. The molecule has 100 valence electrons. The summed E-state index contributed by atoms with van der Waals surface area (Å²) in [5.41, 5.74) is 6.03. The molecule has 1 atom stereocenters. The summed E-state index contributed by atoms with van der Waals surface area (Å²) < 4.78 is 12.9. The van der Waals surface area contributed by atoms with Crippen LogP contribution in [0.5, 0.6) is 0 Å². The number of nitrogens with two attached hydrogens (primary N) is 1. The highest BCUT2D eigenvalue weighted by Gasteiger charge is 2.32. The smallest absolute Gasteiger partial charge is 0.321 e. The molecule has 0 radical (unpaired) electrons. The minimum Gasteiger partial charge on any atom is -0.480 e. The number of hydrogen-bond donors (Lipinski definition) is 2. The number of carbonyl (C=O) groups is 1. The van der Waals surface area contributed by atoms with Crippen LogP contribution in [0.25, 0.3) is 0 Å². The van der Waals surface area contributed by atoms with Gasteiger partial charge in [-0.05, 0) is 25.5 Å². The van der Waals surface area contributed by atoms with E-state index >= 15 is 0 Å². The van der Waals surface area contributed by atoms with Crippen molar-refractivity contribution in [1.82, 2.24) is 0 Å². The molecule has 0 aliphatic rings. The molecule has 0 saturated carbocycles. The first-order valence-electron chi connectivity index (χ1n) is 5.31. The van der Waals surface area contributed by atoms with Crippen molar-refractivity contribution in [3.63, 3.8) is 0 Å². The van der Waals surface area contributed by atoms with Crippen molar-refractivity contribution in [1.29, 1.82) is 0 Å². The van der Waals surface area contributed by atoms with E-state index in [-0.39, 0.29) is 5.02 Å². The molecule has 18 heavy (non-hydrogen) atoms. The third kappa shape index (κ3) is 3.60. The highest BCUT2D eigenvalue weighted by molar-refractivity contribution is 7.99. The summed E-state index contributed by atoms with van der Waals surface area (Å²) in [6.07, 6.45) is 0. The molecule has 0 aromatic heterocycles. The van der Waals surface area contributed by atoms with Gasteiger partial charge in [-0.15, -0.1) is 11.8 Å². The zero-order chi connectivity index (χ0) is 13.9. The van der Waals surface area contributed by atoms with Gasteiger partial charge in [-0.3, -0.25) is 4.79 Å². The molecule has 0 bridgehead atoms. The summed E-state index contributed by atoms with van der Waals surface area (Å²) in [6.45, 7) is 3.44. The van der Waals surface area contributed by atoms with Crippen LogP contribution in [0.3, 0.4) is 0 Å². The number of halogens is 2. The molecule has 0 spiro atoms. The van der Waals surface area contributed by atoms with Gasteiger partial charge in [0.25, 0.3) is 0 Å². The first kappa shape index (κ1) is 15.3. The van der Waals surface area contributed by atoms with Crippen molar-refractivity contribution >= 4 is 29.3 Å². The number of carboxylic acids is 1. The second-order valence-electron chi connectivity index (χ2n) is 4.42. The lowest BCUT2D eigenvalue weighted by molar-refractivity contribution is -0.139. The van der Waals surface area contributed by atoms with Gasteiger partial charge >= 0.3 is 5.97 Å². The molecule has 0 aliphatic heterocycles. The van der Waals surface area contributed by atoms with Gasteiger partial charge in [0.15, 0.2) is 0 Å². The largest absolute Gasteiger partial charge is 0.480 e. The maximum atomic E-state index is 13.6. The van der Waals surface area contributed by atoms with Crippen molar-refractivity contribution in [3.8, 4) is 0 Å². The topological polar surface area (TPSA) is 63.3 Å². The summed E-state index contributed by atoms with van der Waals surface area (Å²) in [6, 6.07) is 3.74. The Morgan fingerprint density at radius 3 is 2.78 bits per heavy atom. The standard InChI is InChI=1S/C12H15ClFNO2S/c1-12(2,10(15)11(16)17)18-6-7-4-3-5-8(13)9(7)14/h3-5,10H,6,15H2,1-2H3,(H,16,17)/t10-/m1/s1. The number of rotatable bonds is 5. The lowest BCUT2D eigenvalue weighted by atomic mass is 10.1. The zero-order valence-corrected chi connectivity index (χ0v) is 11.7. The van der Waals surface area contributed by atoms with E-state index in [1.807, 2.05) is 0 Å². The van der Waals surface area contributed by atoms with Crippen LogP contribution in [0.1, 0.15) is 19.4 Å². The lowest BCUT2D eigenvalue weighted by Gasteiger charge is -2.28. The van der Waals surface area contributed by atoms with Gasteiger partial charge < -0.3 is 10.8 Å². The minimum absolute atomic E-state index is 0.0634. The Morgan fingerprint density at radius 1 is 1.61 bits per heavy atom. The Labute approximate surface area is 115 Å². The molecular weight excluding hydrogens is 277 g/mol. The third-order valence-electron chi connectivity index (χ3n) is 2.65. The molecule has 0 heterocycles. The van der Waals surface area contributed by atoms with Crippen LogP contribution in [-0.4, -0.2) is 21.9 Å². The van der Waals surface area contributed by atoms with Crippen molar-refractivity contribution in [2.24, 2.45) is 5.73 Å². The van der Waals surface area contributed by atoms with E-state index in [2.05, 4.69) is 0 Å². The Kier molecular flexibility index (Phi) is 5.01. The lowest BCUT2D eigenvalue weighted by Crippen LogP contribution is -2.46. The van der Waals surface area contributed by atoms with Crippen molar-refractivity contribution in [3.05, 3.63) is 34.6 Å². The van der Waals surface area contributed by atoms with Gasteiger partial charge in [-0.1, -0.05) is 23.7 Å². The van der Waals surface area contributed by atoms with Crippen molar-refractivity contribution in [2.45, 2.75) is 30.4 Å². The van der Waals surface area contributed by atoms with Gasteiger partial charge in [0, 0.05) is 10.5 Å². The van der Waals surface area contributed by atoms with Gasteiger partial charge in [-0.2, -0.15) is 0 Å². The molecular formula is C12H15ClFNO2S. The Balaban J connectivity index is 2.76. The maximum absolute atomic E-state index is 13.6. The molecule has 0 unspecified atom stereocenters. The molecule has 0 aliphatic carbocycles. The molecule has 0 saturated heterocycles. The highest BCUT2D eigenvalue weighted by Crippen LogP contribution is 2.32. The number of aliphatic carboxylic acids is 1. The van der Waals surface area contributed by atoms with Crippen LogP contribution in [0.2, 0.25) is 5.02 Å². The fraction of sp³-hybridized carbons (Fsp3) is 0.417. The predicted octanol–water partition coefficient (Wildman–Crippen LogP) is 2.90. The molecule has 1 rings (SSSR count). The average Bonchev–Trinajstić information content (AvgIpc) is 2.30. The first-order valence-corrected chi connectivity index (χ1v) is 6.67. The fourth-order valence-corrected chi connectivity index (χ4v) is 2.54. The van der Waals surface area contributed by atoms with Crippen LogP contribution >= 0.6 is 23.4 Å². The second kappa shape index (κ2) is 5.91. The van der Waals surface area contributed by atoms with E-state index in [1.54, 1.807) is 26.0 Å². The van der Waals surface area contributed by atoms with E-state index in [0.717, 1.165) is 0 Å². The zero-order valence-electron chi connectivity index (χ0n) is 10.1. The average molecular weight is 292 g/mol. The number of hydrogen-bond acceptors (Lipinski definition) is 3. The van der Waals surface area contributed by atoms with E-state index in [1.165, 1.54) is 17.8 Å². The fourth-order valence-electron chi connectivity index (χ4n) is 1.31. The first-order chi connectivity index (χ1) is 8.25. The Bertz CT molecular complexity index is 454. The minimum atomic E-state index is -1.07. The molecule has 1 aromatic carbocycles. The van der Waals surface area contributed by atoms with Crippen LogP contribution < -0.4 is 5.73 Å². The summed E-state index contributed by atoms with van der Waals surface area (Å²) in [5, 5.41) is 8.94. The molecule has 1 aromatic rings.